The third kappa shape index (κ3) is 2.95. The normalized spacial score (nSPS) is 13.9. The van der Waals surface area contributed by atoms with Crippen molar-refractivity contribution in [3.8, 4) is 0 Å². The Morgan fingerprint density at radius 2 is 2.08 bits per heavy atom. The molecule has 1 N–H and O–H groups in total. The summed E-state index contributed by atoms with van der Waals surface area (Å²) >= 11 is 0. The molecule has 6 nitrogen and oxygen atoms in total. The number of aromatic nitrogens is 2. The molecule has 2 amide bonds. The van der Waals surface area contributed by atoms with E-state index in [0.717, 1.165) is 29.5 Å². The van der Waals surface area contributed by atoms with Crippen molar-refractivity contribution in [3.05, 3.63) is 54.0 Å². The zero-order chi connectivity index (χ0) is 16.5. The maximum absolute atomic E-state index is 12.7. The second kappa shape index (κ2) is 5.96. The van der Waals surface area contributed by atoms with Crippen molar-refractivity contribution in [2.75, 3.05) is 5.32 Å². The summed E-state index contributed by atoms with van der Waals surface area (Å²) < 4.78 is 5.26. The van der Waals surface area contributed by atoms with Crippen molar-refractivity contribution in [2.24, 2.45) is 0 Å². The smallest absolute Gasteiger partial charge is 0.322 e. The van der Waals surface area contributed by atoms with Gasteiger partial charge in [0.05, 0.1) is 5.69 Å². The molecule has 6 heteroatoms. The maximum Gasteiger partial charge on any atom is 0.322 e. The zero-order valence-electron chi connectivity index (χ0n) is 13.4. The third-order valence-corrected chi connectivity index (χ3v) is 4.25. The lowest BCUT2D eigenvalue weighted by Crippen LogP contribution is -2.36. The molecule has 1 aliphatic rings. The molecule has 0 saturated heterocycles. The predicted molar refractivity (Wildman–Crippen MR) is 90.6 cm³/mol. The SMILES string of the molecule is Cc1noc2cc(NC(=O)N(Cc3ccncc3)C3CC3)ccc12. The molecular weight excluding hydrogens is 304 g/mol. The van der Waals surface area contributed by atoms with Gasteiger partial charge in [-0.05, 0) is 49.6 Å². The summed E-state index contributed by atoms with van der Waals surface area (Å²) in [6.45, 7) is 2.48. The number of amides is 2. The van der Waals surface area contributed by atoms with Crippen LogP contribution in [0.1, 0.15) is 24.1 Å². The van der Waals surface area contributed by atoms with E-state index in [4.69, 9.17) is 4.52 Å². The lowest BCUT2D eigenvalue weighted by molar-refractivity contribution is 0.206. The van der Waals surface area contributed by atoms with E-state index < -0.39 is 0 Å². The lowest BCUT2D eigenvalue weighted by atomic mass is 10.2. The Hall–Kier alpha value is -2.89. The standard InChI is InChI=1S/C18H18N4O2/c1-12-16-5-2-14(10-17(16)24-21-12)20-18(23)22(15-3-4-15)11-13-6-8-19-9-7-13/h2,5-10,15H,3-4,11H2,1H3,(H,20,23). The molecule has 1 saturated carbocycles. The van der Waals surface area contributed by atoms with E-state index in [1.54, 1.807) is 12.4 Å². The molecule has 0 aliphatic heterocycles. The molecule has 0 bridgehead atoms. The quantitative estimate of drug-likeness (QED) is 0.794. The molecule has 0 radical (unpaired) electrons. The first-order chi connectivity index (χ1) is 11.7. The Labute approximate surface area is 139 Å². The van der Waals surface area contributed by atoms with Crippen molar-refractivity contribution in [1.82, 2.24) is 15.0 Å². The van der Waals surface area contributed by atoms with Gasteiger partial charge >= 0.3 is 6.03 Å². The van der Waals surface area contributed by atoms with Crippen LogP contribution in [0.2, 0.25) is 0 Å². The number of nitrogens with zero attached hydrogens (tertiary/aromatic N) is 3. The van der Waals surface area contributed by atoms with Crippen LogP contribution in [-0.4, -0.2) is 27.1 Å². The van der Waals surface area contributed by atoms with E-state index in [1.807, 2.05) is 42.2 Å². The average Bonchev–Trinajstić information content (AvgIpc) is 3.37. The van der Waals surface area contributed by atoms with Gasteiger partial charge in [0.15, 0.2) is 5.58 Å². The molecule has 1 aliphatic carbocycles. The Balaban J connectivity index is 1.51. The fourth-order valence-electron chi connectivity index (χ4n) is 2.77. The first kappa shape index (κ1) is 14.7. The topological polar surface area (TPSA) is 71.3 Å². The number of carbonyl (C=O) groups excluding carboxylic acids is 1. The van der Waals surface area contributed by atoms with Gasteiger partial charge in [0.25, 0.3) is 0 Å². The molecule has 2 aromatic heterocycles. The van der Waals surface area contributed by atoms with Gasteiger partial charge in [-0.1, -0.05) is 5.16 Å². The summed E-state index contributed by atoms with van der Waals surface area (Å²) in [4.78, 5) is 18.6. The number of rotatable bonds is 4. The van der Waals surface area contributed by atoms with Gasteiger partial charge in [-0.15, -0.1) is 0 Å². The molecule has 3 aromatic rings. The molecule has 1 aromatic carbocycles. The first-order valence-electron chi connectivity index (χ1n) is 8.03. The fourth-order valence-corrected chi connectivity index (χ4v) is 2.77. The van der Waals surface area contributed by atoms with Crippen LogP contribution in [0, 0.1) is 6.92 Å². The number of pyridine rings is 1. The van der Waals surface area contributed by atoms with Gasteiger partial charge < -0.3 is 14.7 Å². The highest BCUT2D eigenvalue weighted by atomic mass is 16.5. The van der Waals surface area contributed by atoms with Crippen LogP contribution in [0.25, 0.3) is 11.0 Å². The number of benzene rings is 1. The minimum atomic E-state index is -0.0927. The number of nitrogens with one attached hydrogen (secondary N) is 1. The van der Waals surface area contributed by atoms with Gasteiger partial charge in [-0.2, -0.15) is 0 Å². The van der Waals surface area contributed by atoms with Crippen molar-refractivity contribution < 1.29 is 9.32 Å². The van der Waals surface area contributed by atoms with Gasteiger partial charge in [0.1, 0.15) is 0 Å². The molecular formula is C18H18N4O2. The minimum absolute atomic E-state index is 0.0927. The second-order valence-corrected chi connectivity index (χ2v) is 6.12. The van der Waals surface area contributed by atoms with E-state index in [9.17, 15) is 4.79 Å². The van der Waals surface area contributed by atoms with Gasteiger partial charge in [0, 0.05) is 42.1 Å². The highest BCUT2D eigenvalue weighted by molar-refractivity contribution is 5.92. The van der Waals surface area contributed by atoms with Crippen LogP contribution < -0.4 is 5.32 Å². The zero-order valence-corrected chi connectivity index (χ0v) is 13.4. The number of hydrogen-bond acceptors (Lipinski definition) is 4. The van der Waals surface area contributed by atoms with Gasteiger partial charge in [0.2, 0.25) is 0 Å². The summed E-state index contributed by atoms with van der Waals surface area (Å²) in [5.41, 5.74) is 3.31. The van der Waals surface area contributed by atoms with Gasteiger partial charge in [-0.3, -0.25) is 4.98 Å². The maximum atomic E-state index is 12.7. The van der Waals surface area contributed by atoms with E-state index in [2.05, 4.69) is 15.5 Å². The first-order valence-corrected chi connectivity index (χ1v) is 8.03. The molecule has 122 valence electrons. The summed E-state index contributed by atoms with van der Waals surface area (Å²) in [6.07, 6.45) is 5.61. The predicted octanol–water partition coefficient (Wildman–Crippen LogP) is 3.73. The van der Waals surface area contributed by atoms with E-state index in [-0.39, 0.29) is 6.03 Å². The van der Waals surface area contributed by atoms with Crippen LogP contribution in [0.4, 0.5) is 10.5 Å². The van der Waals surface area contributed by atoms with E-state index in [1.165, 1.54) is 0 Å². The summed E-state index contributed by atoms with van der Waals surface area (Å²) in [5, 5.41) is 7.87. The largest absolute Gasteiger partial charge is 0.356 e. The van der Waals surface area contributed by atoms with Crippen LogP contribution in [0.15, 0.2) is 47.2 Å². The highest BCUT2D eigenvalue weighted by Gasteiger charge is 2.32. The molecule has 0 spiro atoms. The van der Waals surface area contributed by atoms with Gasteiger partial charge in [-0.25, -0.2) is 4.79 Å². The Bertz CT molecular complexity index is 871. The van der Waals surface area contributed by atoms with Crippen LogP contribution in [0.5, 0.6) is 0 Å². The Morgan fingerprint density at radius 3 is 2.83 bits per heavy atom. The molecule has 2 heterocycles. The molecule has 1 fully saturated rings. The lowest BCUT2D eigenvalue weighted by Gasteiger charge is -2.23. The molecule has 24 heavy (non-hydrogen) atoms. The van der Waals surface area contributed by atoms with Crippen molar-refractivity contribution in [1.29, 1.82) is 0 Å². The summed E-state index contributed by atoms with van der Waals surface area (Å²) in [7, 11) is 0. The summed E-state index contributed by atoms with van der Waals surface area (Å²) in [6, 6.07) is 9.70. The van der Waals surface area contributed by atoms with Crippen LogP contribution in [-0.2, 0) is 6.54 Å². The number of anilines is 1. The second-order valence-electron chi connectivity index (χ2n) is 6.12. The number of fused-ring (bicyclic) bond motifs is 1. The highest BCUT2D eigenvalue weighted by Crippen LogP contribution is 2.29. The minimum Gasteiger partial charge on any atom is -0.356 e. The monoisotopic (exact) mass is 322 g/mol. The molecule has 4 rings (SSSR count). The number of carbonyl (C=O) groups is 1. The molecule has 0 unspecified atom stereocenters. The average molecular weight is 322 g/mol. The molecule has 0 atom stereocenters. The van der Waals surface area contributed by atoms with Crippen molar-refractivity contribution in [2.45, 2.75) is 32.4 Å². The van der Waals surface area contributed by atoms with Crippen molar-refractivity contribution >= 4 is 22.7 Å². The third-order valence-electron chi connectivity index (χ3n) is 4.25. The number of aryl methyl sites for hydroxylation is 1. The van der Waals surface area contributed by atoms with Crippen molar-refractivity contribution in [3.63, 3.8) is 0 Å². The summed E-state index contributed by atoms with van der Waals surface area (Å²) in [5.74, 6) is 0. The number of hydrogen-bond donors (Lipinski definition) is 1. The van der Waals surface area contributed by atoms with Crippen LogP contribution >= 0.6 is 0 Å². The Kier molecular flexibility index (Phi) is 3.65. The van der Waals surface area contributed by atoms with E-state index in [0.29, 0.717) is 23.9 Å². The fraction of sp³-hybridized carbons (Fsp3) is 0.278. The van der Waals surface area contributed by atoms with E-state index >= 15 is 0 Å². The number of urea groups is 1. The Morgan fingerprint density at radius 1 is 1.29 bits per heavy atom. The van der Waals surface area contributed by atoms with Crippen LogP contribution in [0.3, 0.4) is 0 Å².